The van der Waals surface area contributed by atoms with Crippen molar-refractivity contribution in [3.63, 3.8) is 0 Å². The third kappa shape index (κ3) is 2.18. The van der Waals surface area contributed by atoms with Gasteiger partial charge in [0, 0.05) is 12.4 Å². The topological polar surface area (TPSA) is 75.2 Å². The van der Waals surface area contributed by atoms with Gasteiger partial charge in [0.05, 0.1) is 6.54 Å². The van der Waals surface area contributed by atoms with E-state index < -0.39 is 5.54 Å². The fraction of sp³-hybridized carbons (Fsp3) is 0.538. The molecule has 0 radical (unpaired) electrons. The Labute approximate surface area is 111 Å². The molecule has 1 saturated carbocycles. The van der Waals surface area contributed by atoms with Gasteiger partial charge in [-0.25, -0.2) is 9.97 Å². The van der Waals surface area contributed by atoms with Crippen LogP contribution in [0.2, 0.25) is 0 Å². The van der Waals surface area contributed by atoms with E-state index >= 15 is 0 Å². The molecule has 1 saturated heterocycles. The maximum Gasteiger partial charge on any atom is 0.249 e. The van der Waals surface area contributed by atoms with E-state index in [9.17, 15) is 9.59 Å². The van der Waals surface area contributed by atoms with E-state index in [0.717, 1.165) is 25.7 Å². The molecule has 0 unspecified atom stereocenters. The van der Waals surface area contributed by atoms with Crippen LogP contribution in [-0.4, -0.2) is 38.8 Å². The molecule has 3 rings (SSSR count). The van der Waals surface area contributed by atoms with E-state index in [4.69, 9.17) is 0 Å². The second-order valence-corrected chi connectivity index (χ2v) is 5.16. The van der Waals surface area contributed by atoms with E-state index in [1.165, 1.54) is 0 Å². The lowest BCUT2D eigenvalue weighted by Crippen LogP contribution is -2.65. The number of nitrogens with one attached hydrogen (secondary N) is 1. The highest BCUT2D eigenvalue weighted by Crippen LogP contribution is 2.33. The van der Waals surface area contributed by atoms with Crippen LogP contribution in [-0.2, 0) is 16.1 Å². The van der Waals surface area contributed by atoms with Gasteiger partial charge in [-0.1, -0.05) is 12.8 Å². The van der Waals surface area contributed by atoms with Crippen LogP contribution in [0.3, 0.4) is 0 Å². The van der Waals surface area contributed by atoms with Crippen LogP contribution in [0.5, 0.6) is 0 Å². The lowest BCUT2D eigenvalue weighted by atomic mass is 9.93. The zero-order valence-electron chi connectivity index (χ0n) is 10.6. The maximum atomic E-state index is 12.6. The number of carbonyl (C=O) groups is 2. The Morgan fingerprint density at radius 2 is 1.89 bits per heavy atom. The molecule has 1 N–H and O–H groups in total. The zero-order valence-corrected chi connectivity index (χ0v) is 10.6. The van der Waals surface area contributed by atoms with Crippen molar-refractivity contribution in [3.05, 3.63) is 24.3 Å². The molecule has 2 aliphatic rings. The average Bonchev–Trinajstić information content (AvgIpc) is 2.86. The van der Waals surface area contributed by atoms with Crippen molar-refractivity contribution in [1.82, 2.24) is 20.2 Å². The number of hydrogen-bond donors (Lipinski definition) is 1. The third-order valence-electron chi connectivity index (χ3n) is 3.82. The van der Waals surface area contributed by atoms with E-state index in [2.05, 4.69) is 15.3 Å². The Morgan fingerprint density at radius 1 is 1.21 bits per heavy atom. The second kappa shape index (κ2) is 4.60. The highest BCUT2D eigenvalue weighted by atomic mass is 16.2. The Kier molecular flexibility index (Phi) is 2.93. The van der Waals surface area contributed by atoms with E-state index in [-0.39, 0.29) is 18.4 Å². The summed E-state index contributed by atoms with van der Waals surface area (Å²) in [5, 5.41) is 2.89. The zero-order chi connectivity index (χ0) is 13.3. The molecule has 2 heterocycles. The minimum Gasteiger partial charge on any atom is -0.340 e. The first-order valence-corrected chi connectivity index (χ1v) is 6.56. The molecule has 6 nitrogen and oxygen atoms in total. The van der Waals surface area contributed by atoms with Crippen molar-refractivity contribution in [2.45, 2.75) is 37.8 Å². The van der Waals surface area contributed by atoms with Crippen molar-refractivity contribution < 1.29 is 9.59 Å². The van der Waals surface area contributed by atoms with Crippen LogP contribution in [0.1, 0.15) is 31.5 Å². The maximum absolute atomic E-state index is 12.6. The molecule has 1 spiro atoms. The summed E-state index contributed by atoms with van der Waals surface area (Å²) >= 11 is 0. The summed E-state index contributed by atoms with van der Waals surface area (Å²) in [5.41, 5.74) is -0.663. The molecule has 1 aromatic rings. The fourth-order valence-corrected chi connectivity index (χ4v) is 2.94. The smallest absolute Gasteiger partial charge is 0.249 e. The summed E-state index contributed by atoms with van der Waals surface area (Å²) in [7, 11) is 0. The number of nitrogens with zero attached hydrogens (tertiary/aromatic N) is 3. The van der Waals surface area contributed by atoms with Gasteiger partial charge in [0.25, 0.3) is 0 Å². The van der Waals surface area contributed by atoms with Crippen LogP contribution in [0.15, 0.2) is 18.5 Å². The van der Waals surface area contributed by atoms with Gasteiger partial charge in [0.1, 0.15) is 17.9 Å². The summed E-state index contributed by atoms with van der Waals surface area (Å²) in [6.45, 7) is 0.397. The highest BCUT2D eigenvalue weighted by molar-refractivity contribution is 5.98. The van der Waals surface area contributed by atoms with Gasteiger partial charge in [-0.15, -0.1) is 0 Å². The summed E-state index contributed by atoms with van der Waals surface area (Å²) in [6, 6.07) is 1.73. The predicted molar refractivity (Wildman–Crippen MR) is 66.8 cm³/mol. The molecule has 0 bridgehead atoms. The molecule has 1 aromatic heterocycles. The Morgan fingerprint density at radius 3 is 2.58 bits per heavy atom. The van der Waals surface area contributed by atoms with Gasteiger partial charge in [-0.05, 0) is 18.9 Å². The number of aromatic nitrogens is 2. The number of hydrogen-bond acceptors (Lipinski definition) is 4. The molecule has 0 aromatic carbocycles. The van der Waals surface area contributed by atoms with Gasteiger partial charge in [0.2, 0.25) is 11.8 Å². The largest absolute Gasteiger partial charge is 0.340 e. The van der Waals surface area contributed by atoms with E-state index in [0.29, 0.717) is 12.4 Å². The van der Waals surface area contributed by atoms with E-state index in [1.54, 1.807) is 23.4 Å². The average molecular weight is 260 g/mol. The van der Waals surface area contributed by atoms with Gasteiger partial charge in [-0.3, -0.25) is 9.59 Å². The van der Waals surface area contributed by atoms with E-state index in [1.807, 2.05) is 0 Å². The lowest BCUT2D eigenvalue weighted by Gasteiger charge is -2.39. The number of carbonyl (C=O) groups excluding carboxylic acids is 2. The number of rotatable bonds is 2. The Hall–Kier alpha value is -1.98. The van der Waals surface area contributed by atoms with Gasteiger partial charge in [0.15, 0.2) is 0 Å². The van der Waals surface area contributed by atoms with Gasteiger partial charge >= 0.3 is 0 Å². The summed E-state index contributed by atoms with van der Waals surface area (Å²) in [5.74, 6) is 0.494. The first-order chi connectivity index (χ1) is 9.20. The minimum atomic E-state index is -0.663. The summed E-state index contributed by atoms with van der Waals surface area (Å²) in [4.78, 5) is 34.2. The molecular formula is C13H16N4O2. The predicted octanol–water partition coefficient (Wildman–Crippen LogP) is 0.248. The van der Waals surface area contributed by atoms with Crippen LogP contribution in [0.25, 0.3) is 0 Å². The molecule has 19 heavy (non-hydrogen) atoms. The van der Waals surface area contributed by atoms with Crippen molar-refractivity contribution in [2.24, 2.45) is 0 Å². The third-order valence-corrected chi connectivity index (χ3v) is 3.82. The van der Waals surface area contributed by atoms with Gasteiger partial charge in [-0.2, -0.15) is 0 Å². The van der Waals surface area contributed by atoms with Crippen molar-refractivity contribution in [2.75, 3.05) is 6.54 Å². The first kappa shape index (κ1) is 12.1. The van der Waals surface area contributed by atoms with Crippen molar-refractivity contribution >= 4 is 11.8 Å². The fourth-order valence-electron chi connectivity index (χ4n) is 2.94. The normalized spacial score (nSPS) is 21.8. The Bertz CT molecular complexity index is 497. The Balaban J connectivity index is 1.81. The molecule has 0 atom stereocenters. The second-order valence-electron chi connectivity index (χ2n) is 5.16. The monoisotopic (exact) mass is 260 g/mol. The molecule has 2 amide bonds. The molecule has 100 valence electrons. The minimum absolute atomic E-state index is 0.0112. The van der Waals surface area contributed by atoms with Crippen LogP contribution in [0, 0.1) is 0 Å². The summed E-state index contributed by atoms with van der Waals surface area (Å²) in [6.07, 6.45) is 6.74. The molecule has 6 heteroatoms. The SMILES string of the molecule is O=C1CN(Cc2ncccn2)C(=O)C2(CCCC2)N1. The molecule has 1 aliphatic carbocycles. The standard InChI is InChI=1S/C13H16N4O2/c18-11-9-17(8-10-14-6-3-7-15-10)12(19)13(16-11)4-1-2-5-13/h3,6-7H,1-2,4-5,8-9H2,(H,16,18). The molecular weight excluding hydrogens is 244 g/mol. The number of piperazine rings is 1. The van der Waals surface area contributed by atoms with Crippen LogP contribution in [0.4, 0.5) is 0 Å². The summed E-state index contributed by atoms with van der Waals surface area (Å²) < 4.78 is 0. The quantitative estimate of drug-likeness (QED) is 0.827. The molecule has 2 fully saturated rings. The first-order valence-electron chi connectivity index (χ1n) is 6.56. The van der Waals surface area contributed by atoms with Crippen LogP contribution < -0.4 is 5.32 Å². The van der Waals surface area contributed by atoms with Crippen molar-refractivity contribution in [3.8, 4) is 0 Å². The van der Waals surface area contributed by atoms with Gasteiger partial charge < -0.3 is 10.2 Å². The molecule has 1 aliphatic heterocycles. The number of amides is 2. The lowest BCUT2D eigenvalue weighted by molar-refractivity contribution is -0.150. The van der Waals surface area contributed by atoms with Crippen LogP contribution >= 0.6 is 0 Å². The highest BCUT2D eigenvalue weighted by Gasteiger charge is 2.48. The van der Waals surface area contributed by atoms with Crippen molar-refractivity contribution in [1.29, 1.82) is 0 Å².